The molecule has 104 valence electrons. The van der Waals surface area contributed by atoms with Crippen molar-refractivity contribution in [3.63, 3.8) is 0 Å². The molecule has 0 spiro atoms. The van der Waals surface area contributed by atoms with Gasteiger partial charge in [-0.1, -0.05) is 5.16 Å². The average Bonchev–Trinajstić information content (AvgIpc) is 2.84. The summed E-state index contributed by atoms with van der Waals surface area (Å²) in [4.78, 5) is 2.18. The zero-order chi connectivity index (χ0) is 13.7. The molecule has 0 bridgehead atoms. The summed E-state index contributed by atoms with van der Waals surface area (Å²) >= 11 is 0. The van der Waals surface area contributed by atoms with E-state index in [4.69, 9.17) is 15.7 Å². The monoisotopic (exact) mass is 265 g/mol. The number of β-amino-alcohol motifs (C(OH)–C–C–N with tert-alkyl or cyclic N) is 1. The molecule has 1 fully saturated rings. The van der Waals surface area contributed by atoms with Gasteiger partial charge in [0.05, 0.1) is 6.10 Å². The first-order valence-electron chi connectivity index (χ1n) is 6.30. The van der Waals surface area contributed by atoms with E-state index < -0.39 is 0 Å². The molecule has 4 N–H and O–H groups in total. The van der Waals surface area contributed by atoms with E-state index in [-0.39, 0.29) is 11.9 Å². The predicted octanol–water partition coefficient (Wildman–Crippen LogP) is 0.226. The molecule has 1 atom stereocenters. The minimum Gasteiger partial charge on any atom is -0.492 e. The van der Waals surface area contributed by atoms with E-state index in [1.54, 1.807) is 24.3 Å². The van der Waals surface area contributed by atoms with Crippen molar-refractivity contribution in [2.24, 2.45) is 10.9 Å². The number of rotatable bonds is 5. The number of oxime groups is 1. The summed E-state index contributed by atoms with van der Waals surface area (Å²) in [5, 5.41) is 20.9. The van der Waals surface area contributed by atoms with Crippen LogP contribution in [0.5, 0.6) is 5.75 Å². The molecule has 1 aliphatic heterocycles. The fourth-order valence-electron chi connectivity index (χ4n) is 2.09. The van der Waals surface area contributed by atoms with Crippen molar-refractivity contribution in [2.45, 2.75) is 12.5 Å². The standard InChI is InChI=1S/C13H19N3O3/c14-13(15-18)10-1-3-12(4-2-10)19-8-7-16-6-5-11(17)9-16/h1-4,11,17-18H,5-9H2,(H2,14,15). The maximum Gasteiger partial charge on any atom is 0.170 e. The number of aliphatic hydroxyl groups is 1. The minimum absolute atomic E-state index is 0.0811. The van der Waals surface area contributed by atoms with Gasteiger partial charge in [0.25, 0.3) is 0 Å². The molecule has 0 amide bonds. The lowest BCUT2D eigenvalue weighted by molar-refractivity contribution is 0.167. The van der Waals surface area contributed by atoms with Gasteiger partial charge in [0.15, 0.2) is 5.84 Å². The minimum atomic E-state index is -0.194. The summed E-state index contributed by atoms with van der Waals surface area (Å²) in [7, 11) is 0. The van der Waals surface area contributed by atoms with Crippen molar-refractivity contribution in [3.8, 4) is 5.75 Å². The van der Waals surface area contributed by atoms with Gasteiger partial charge in [0.2, 0.25) is 0 Å². The molecule has 1 aromatic carbocycles. The molecule has 0 aromatic heterocycles. The van der Waals surface area contributed by atoms with Gasteiger partial charge in [-0.25, -0.2) is 0 Å². The van der Waals surface area contributed by atoms with Crippen LogP contribution in [0.3, 0.4) is 0 Å². The molecular formula is C13H19N3O3. The van der Waals surface area contributed by atoms with Crippen molar-refractivity contribution in [2.75, 3.05) is 26.2 Å². The van der Waals surface area contributed by atoms with Crippen LogP contribution in [0, 0.1) is 0 Å². The second-order valence-electron chi connectivity index (χ2n) is 4.60. The number of aliphatic hydroxyl groups excluding tert-OH is 1. The second kappa shape index (κ2) is 6.40. The molecule has 6 nitrogen and oxygen atoms in total. The van der Waals surface area contributed by atoms with Gasteiger partial charge < -0.3 is 20.8 Å². The first kappa shape index (κ1) is 13.6. The Morgan fingerprint density at radius 1 is 1.42 bits per heavy atom. The van der Waals surface area contributed by atoms with Crippen LogP contribution in [0.1, 0.15) is 12.0 Å². The summed E-state index contributed by atoms with van der Waals surface area (Å²) in [5.41, 5.74) is 6.12. The zero-order valence-corrected chi connectivity index (χ0v) is 10.7. The molecule has 0 saturated carbocycles. The molecule has 0 radical (unpaired) electrons. The third kappa shape index (κ3) is 3.84. The molecule has 19 heavy (non-hydrogen) atoms. The van der Waals surface area contributed by atoms with Gasteiger partial charge in [-0.3, -0.25) is 4.90 Å². The molecule has 2 rings (SSSR count). The highest BCUT2D eigenvalue weighted by Gasteiger charge is 2.19. The highest BCUT2D eigenvalue weighted by Crippen LogP contribution is 2.13. The predicted molar refractivity (Wildman–Crippen MR) is 71.5 cm³/mol. The van der Waals surface area contributed by atoms with Crippen molar-refractivity contribution < 1.29 is 15.1 Å². The van der Waals surface area contributed by atoms with Crippen molar-refractivity contribution in [1.82, 2.24) is 4.90 Å². The number of nitrogens with zero attached hydrogens (tertiary/aromatic N) is 2. The van der Waals surface area contributed by atoms with E-state index in [2.05, 4.69) is 10.1 Å². The van der Waals surface area contributed by atoms with E-state index in [1.807, 2.05) is 0 Å². The maximum absolute atomic E-state index is 9.40. The molecule has 1 unspecified atom stereocenters. The summed E-state index contributed by atoms with van der Waals surface area (Å²) in [6.45, 7) is 3.04. The topological polar surface area (TPSA) is 91.3 Å². The smallest absolute Gasteiger partial charge is 0.170 e. The molecule has 1 saturated heterocycles. The van der Waals surface area contributed by atoms with Gasteiger partial charge in [0.1, 0.15) is 12.4 Å². The number of benzene rings is 1. The second-order valence-corrected chi connectivity index (χ2v) is 4.60. The van der Waals surface area contributed by atoms with Crippen LogP contribution in [0.15, 0.2) is 29.4 Å². The molecule has 1 aromatic rings. The van der Waals surface area contributed by atoms with E-state index >= 15 is 0 Å². The van der Waals surface area contributed by atoms with E-state index in [0.29, 0.717) is 12.2 Å². The largest absolute Gasteiger partial charge is 0.492 e. The Hall–Kier alpha value is -1.79. The van der Waals surface area contributed by atoms with Crippen molar-refractivity contribution >= 4 is 5.84 Å². The highest BCUT2D eigenvalue weighted by molar-refractivity contribution is 5.97. The van der Waals surface area contributed by atoms with Gasteiger partial charge in [-0.2, -0.15) is 0 Å². The lowest BCUT2D eigenvalue weighted by Gasteiger charge is -2.15. The summed E-state index contributed by atoms with van der Waals surface area (Å²) < 4.78 is 5.61. The zero-order valence-electron chi connectivity index (χ0n) is 10.7. The number of amidine groups is 1. The Bertz CT molecular complexity index is 433. The Labute approximate surface area is 112 Å². The lowest BCUT2D eigenvalue weighted by atomic mass is 10.2. The fourth-order valence-corrected chi connectivity index (χ4v) is 2.09. The molecule has 0 aliphatic carbocycles. The number of hydrogen-bond donors (Lipinski definition) is 3. The lowest BCUT2D eigenvalue weighted by Crippen LogP contribution is -2.27. The number of likely N-dealkylation sites (tertiary alicyclic amines) is 1. The van der Waals surface area contributed by atoms with Crippen LogP contribution in [-0.2, 0) is 0 Å². The van der Waals surface area contributed by atoms with E-state index in [9.17, 15) is 5.11 Å². The quantitative estimate of drug-likeness (QED) is 0.307. The average molecular weight is 265 g/mol. The highest BCUT2D eigenvalue weighted by atomic mass is 16.5. The maximum atomic E-state index is 9.40. The summed E-state index contributed by atoms with van der Waals surface area (Å²) in [5.74, 6) is 0.826. The Balaban J connectivity index is 1.77. The Morgan fingerprint density at radius 3 is 2.74 bits per heavy atom. The molecule has 6 heteroatoms. The van der Waals surface area contributed by atoms with Gasteiger partial charge >= 0.3 is 0 Å². The van der Waals surface area contributed by atoms with Crippen LogP contribution in [0.2, 0.25) is 0 Å². The fraction of sp³-hybridized carbons (Fsp3) is 0.462. The van der Waals surface area contributed by atoms with E-state index in [0.717, 1.165) is 31.8 Å². The van der Waals surface area contributed by atoms with Gasteiger partial charge in [0, 0.05) is 25.2 Å². The Morgan fingerprint density at radius 2 is 2.16 bits per heavy atom. The normalized spacial score (nSPS) is 20.7. The van der Waals surface area contributed by atoms with Gasteiger partial charge in [-0.05, 0) is 30.7 Å². The number of hydrogen-bond acceptors (Lipinski definition) is 5. The summed E-state index contributed by atoms with van der Waals surface area (Å²) in [6, 6.07) is 7.05. The SMILES string of the molecule is NC(=NO)c1ccc(OCCN2CCC(O)C2)cc1. The van der Waals surface area contributed by atoms with Crippen LogP contribution in [0.4, 0.5) is 0 Å². The molecular weight excluding hydrogens is 246 g/mol. The number of ether oxygens (including phenoxy) is 1. The third-order valence-electron chi connectivity index (χ3n) is 3.18. The van der Waals surface area contributed by atoms with Crippen LogP contribution >= 0.6 is 0 Å². The first-order valence-corrected chi connectivity index (χ1v) is 6.30. The van der Waals surface area contributed by atoms with E-state index in [1.165, 1.54) is 0 Å². The first-order chi connectivity index (χ1) is 9.19. The summed E-state index contributed by atoms with van der Waals surface area (Å²) in [6.07, 6.45) is 0.647. The van der Waals surface area contributed by atoms with Crippen LogP contribution in [-0.4, -0.2) is 53.4 Å². The van der Waals surface area contributed by atoms with Gasteiger partial charge in [-0.15, -0.1) is 0 Å². The van der Waals surface area contributed by atoms with Crippen molar-refractivity contribution in [3.05, 3.63) is 29.8 Å². The van der Waals surface area contributed by atoms with Crippen LogP contribution < -0.4 is 10.5 Å². The van der Waals surface area contributed by atoms with Crippen molar-refractivity contribution in [1.29, 1.82) is 0 Å². The Kier molecular flexibility index (Phi) is 4.59. The van der Waals surface area contributed by atoms with Crippen LogP contribution in [0.25, 0.3) is 0 Å². The molecule has 1 aliphatic rings. The number of nitrogens with two attached hydrogens (primary N) is 1. The third-order valence-corrected chi connectivity index (χ3v) is 3.18. The molecule has 1 heterocycles.